The van der Waals surface area contributed by atoms with Crippen molar-refractivity contribution in [1.82, 2.24) is 9.78 Å². The molecule has 108 valence electrons. The number of hydrogen-bond donors (Lipinski definition) is 2. The first-order valence-electron chi connectivity index (χ1n) is 6.95. The van der Waals surface area contributed by atoms with Gasteiger partial charge in [0.05, 0.1) is 11.8 Å². The molecule has 0 saturated heterocycles. The maximum absolute atomic E-state index is 6.53. The van der Waals surface area contributed by atoms with Crippen LogP contribution in [-0.2, 0) is 11.8 Å². The molecule has 0 bridgehead atoms. The topological polar surface area (TPSA) is 65.1 Å². The van der Waals surface area contributed by atoms with Crippen LogP contribution in [0.2, 0.25) is 0 Å². The molecule has 1 heterocycles. The smallest absolute Gasteiger partial charge is 0.124 e. The van der Waals surface area contributed by atoms with Crippen LogP contribution in [0.3, 0.4) is 0 Å². The second-order valence-electron chi connectivity index (χ2n) is 6.17. The molecule has 0 radical (unpaired) electrons. The highest BCUT2D eigenvalue weighted by Crippen LogP contribution is 2.49. The molecular weight excluding hydrogens is 240 g/mol. The zero-order valence-electron chi connectivity index (χ0n) is 12.7. The minimum absolute atomic E-state index is 0.0103. The highest BCUT2D eigenvalue weighted by Gasteiger charge is 2.58. The number of nitrogens with one attached hydrogen (secondary N) is 1. The Morgan fingerprint density at radius 3 is 2.74 bits per heavy atom. The third-order valence-corrected chi connectivity index (χ3v) is 4.59. The van der Waals surface area contributed by atoms with Crippen molar-refractivity contribution in [2.75, 3.05) is 18.5 Å². The van der Waals surface area contributed by atoms with Gasteiger partial charge in [-0.05, 0) is 20.3 Å². The molecule has 1 aliphatic carbocycles. The predicted molar refractivity (Wildman–Crippen MR) is 77.2 cm³/mol. The normalized spacial score (nSPS) is 29.1. The third-order valence-electron chi connectivity index (χ3n) is 4.59. The molecule has 3 N–H and O–H groups in total. The van der Waals surface area contributed by atoms with Gasteiger partial charge in [-0.1, -0.05) is 13.8 Å². The molecule has 5 nitrogen and oxygen atoms in total. The molecule has 2 unspecified atom stereocenters. The summed E-state index contributed by atoms with van der Waals surface area (Å²) in [5.41, 5.74) is 7.30. The number of nitrogens with two attached hydrogens (primary N) is 1. The fourth-order valence-corrected chi connectivity index (χ4v) is 2.83. The SMILES string of the molecule is CCOC1CC(N)(CNc2cc(C)nn2C)C1(C)C. The number of aromatic nitrogens is 2. The summed E-state index contributed by atoms with van der Waals surface area (Å²) in [6.45, 7) is 9.88. The van der Waals surface area contributed by atoms with E-state index in [4.69, 9.17) is 10.5 Å². The molecule has 0 aliphatic heterocycles. The summed E-state index contributed by atoms with van der Waals surface area (Å²) in [5.74, 6) is 1.01. The number of ether oxygens (including phenoxy) is 1. The number of aryl methyl sites for hydroxylation is 2. The maximum Gasteiger partial charge on any atom is 0.124 e. The van der Waals surface area contributed by atoms with E-state index in [-0.39, 0.29) is 17.1 Å². The van der Waals surface area contributed by atoms with E-state index in [0.717, 1.165) is 31.1 Å². The van der Waals surface area contributed by atoms with Gasteiger partial charge in [-0.25, -0.2) is 0 Å². The lowest BCUT2D eigenvalue weighted by Crippen LogP contribution is -2.72. The lowest BCUT2D eigenvalue weighted by atomic mass is 9.54. The van der Waals surface area contributed by atoms with Gasteiger partial charge in [0.1, 0.15) is 5.82 Å². The van der Waals surface area contributed by atoms with Crippen molar-refractivity contribution in [3.63, 3.8) is 0 Å². The van der Waals surface area contributed by atoms with Gasteiger partial charge in [-0.3, -0.25) is 4.68 Å². The highest BCUT2D eigenvalue weighted by molar-refractivity contribution is 5.38. The number of anilines is 1. The van der Waals surface area contributed by atoms with Gasteiger partial charge >= 0.3 is 0 Å². The van der Waals surface area contributed by atoms with Crippen molar-refractivity contribution in [1.29, 1.82) is 0 Å². The second kappa shape index (κ2) is 4.80. The minimum Gasteiger partial charge on any atom is -0.378 e. The third kappa shape index (κ3) is 2.37. The Bertz CT molecular complexity index is 454. The molecule has 0 amide bonds. The summed E-state index contributed by atoms with van der Waals surface area (Å²) in [4.78, 5) is 0. The molecule has 2 rings (SSSR count). The first-order valence-corrected chi connectivity index (χ1v) is 6.95. The molecule has 1 aromatic heterocycles. The van der Waals surface area contributed by atoms with Crippen molar-refractivity contribution >= 4 is 5.82 Å². The van der Waals surface area contributed by atoms with E-state index < -0.39 is 0 Å². The molecular formula is C14H26N4O. The van der Waals surface area contributed by atoms with Crippen molar-refractivity contribution in [2.24, 2.45) is 18.2 Å². The fourth-order valence-electron chi connectivity index (χ4n) is 2.83. The van der Waals surface area contributed by atoms with Crippen LogP contribution in [0.25, 0.3) is 0 Å². The highest BCUT2D eigenvalue weighted by atomic mass is 16.5. The monoisotopic (exact) mass is 266 g/mol. The van der Waals surface area contributed by atoms with E-state index in [9.17, 15) is 0 Å². The Kier molecular flexibility index (Phi) is 3.62. The van der Waals surface area contributed by atoms with Crippen LogP contribution in [0.4, 0.5) is 5.82 Å². The molecule has 1 aliphatic rings. The van der Waals surface area contributed by atoms with E-state index in [2.05, 4.69) is 24.3 Å². The number of hydrogen-bond acceptors (Lipinski definition) is 4. The van der Waals surface area contributed by atoms with Gasteiger partial charge in [0.15, 0.2) is 0 Å². The Labute approximate surface area is 115 Å². The average Bonchev–Trinajstić information content (AvgIpc) is 2.65. The quantitative estimate of drug-likeness (QED) is 0.851. The second-order valence-corrected chi connectivity index (χ2v) is 6.17. The first-order chi connectivity index (χ1) is 8.80. The Morgan fingerprint density at radius 2 is 2.26 bits per heavy atom. The van der Waals surface area contributed by atoms with Gasteiger partial charge in [0.25, 0.3) is 0 Å². The van der Waals surface area contributed by atoms with Gasteiger partial charge in [-0.2, -0.15) is 5.10 Å². The molecule has 1 aromatic rings. The van der Waals surface area contributed by atoms with Crippen LogP contribution in [0.1, 0.15) is 32.9 Å². The minimum atomic E-state index is -0.231. The van der Waals surface area contributed by atoms with E-state index in [1.807, 2.05) is 31.6 Å². The summed E-state index contributed by atoms with van der Waals surface area (Å²) >= 11 is 0. The van der Waals surface area contributed by atoms with Crippen LogP contribution in [-0.4, -0.2) is 34.6 Å². The molecule has 5 heteroatoms. The van der Waals surface area contributed by atoms with Crippen molar-refractivity contribution in [2.45, 2.75) is 45.8 Å². The summed E-state index contributed by atoms with van der Waals surface area (Å²) in [7, 11) is 1.94. The molecule has 0 aromatic carbocycles. The van der Waals surface area contributed by atoms with Crippen molar-refractivity contribution in [3.8, 4) is 0 Å². The van der Waals surface area contributed by atoms with Crippen LogP contribution in [0, 0.1) is 12.3 Å². The average molecular weight is 266 g/mol. The van der Waals surface area contributed by atoms with Crippen LogP contribution >= 0.6 is 0 Å². The zero-order valence-corrected chi connectivity index (χ0v) is 12.7. The lowest BCUT2D eigenvalue weighted by Gasteiger charge is -2.59. The number of nitrogens with zero attached hydrogens (tertiary/aromatic N) is 2. The van der Waals surface area contributed by atoms with E-state index in [1.54, 1.807) is 0 Å². The largest absolute Gasteiger partial charge is 0.378 e. The standard InChI is InChI=1S/C14H26N4O/c1-6-19-11-8-14(15,13(11,3)4)9-16-12-7-10(2)17-18(12)5/h7,11,16H,6,8-9,15H2,1-5H3. The summed E-state index contributed by atoms with van der Waals surface area (Å²) in [5, 5.41) is 7.74. The maximum atomic E-state index is 6.53. The van der Waals surface area contributed by atoms with Gasteiger partial charge in [0.2, 0.25) is 0 Å². The fraction of sp³-hybridized carbons (Fsp3) is 0.786. The first kappa shape index (κ1) is 14.3. The molecule has 19 heavy (non-hydrogen) atoms. The van der Waals surface area contributed by atoms with E-state index >= 15 is 0 Å². The summed E-state index contributed by atoms with van der Waals surface area (Å²) < 4.78 is 7.59. The van der Waals surface area contributed by atoms with Gasteiger partial charge in [0, 0.05) is 37.2 Å². The Balaban J connectivity index is 1.98. The lowest BCUT2D eigenvalue weighted by molar-refractivity contribution is -0.144. The van der Waals surface area contributed by atoms with Crippen molar-refractivity contribution < 1.29 is 4.74 Å². The molecule has 0 spiro atoms. The molecule has 2 atom stereocenters. The molecule has 1 fully saturated rings. The summed E-state index contributed by atoms with van der Waals surface area (Å²) in [6.07, 6.45) is 1.16. The zero-order chi connectivity index (χ0) is 14.3. The summed E-state index contributed by atoms with van der Waals surface area (Å²) in [6, 6.07) is 2.04. The Hall–Kier alpha value is -1.07. The van der Waals surface area contributed by atoms with Crippen molar-refractivity contribution in [3.05, 3.63) is 11.8 Å². The van der Waals surface area contributed by atoms with Crippen LogP contribution in [0.5, 0.6) is 0 Å². The van der Waals surface area contributed by atoms with E-state index in [1.165, 1.54) is 0 Å². The van der Waals surface area contributed by atoms with E-state index in [0.29, 0.717) is 0 Å². The van der Waals surface area contributed by atoms with Crippen LogP contribution in [0.15, 0.2) is 6.07 Å². The van der Waals surface area contributed by atoms with Gasteiger partial charge < -0.3 is 15.8 Å². The van der Waals surface area contributed by atoms with Crippen LogP contribution < -0.4 is 11.1 Å². The predicted octanol–water partition coefficient (Wildman–Crippen LogP) is 1.67. The number of rotatable bonds is 5. The molecule has 1 saturated carbocycles. The van der Waals surface area contributed by atoms with Gasteiger partial charge in [-0.15, -0.1) is 0 Å². The Morgan fingerprint density at radius 1 is 1.58 bits per heavy atom.